The van der Waals surface area contributed by atoms with Crippen LogP contribution in [0.4, 0.5) is 0 Å². The van der Waals surface area contributed by atoms with E-state index in [1.165, 1.54) is 47.9 Å². The molecule has 4 rings (SSSR count). The van der Waals surface area contributed by atoms with Crippen LogP contribution in [0.15, 0.2) is 24.3 Å². The monoisotopic (exact) mass is 477 g/mol. The molecule has 0 aromatic heterocycles. The van der Waals surface area contributed by atoms with E-state index in [-0.39, 0.29) is 0 Å². The van der Waals surface area contributed by atoms with E-state index in [0.717, 1.165) is 47.7 Å². The summed E-state index contributed by atoms with van der Waals surface area (Å²) in [6.07, 6.45) is 5.22. The van der Waals surface area contributed by atoms with Crippen LogP contribution in [0.25, 0.3) is 11.1 Å². The predicted molar refractivity (Wildman–Crippen MR) is 143 cm³/mol. The van der Waals surface area contributed by atoms with Gasteiger partial charge in [-0.2, -0.15) is 0 Å². The van der Waals surface area contributed by atoms with Crippen molar-refractivity contribution in [2.24, 2.45) is 5.92 Å². The van der Waals surface area contributed by atoms with E-state index in [1.807, 2.05) is 20.8 Å². The summed E-state index contributed by atoms with van der Waals surface area (Å²) in [5, 5.41) is 10.3. The van der Waals surface area contributed by atoms with E-state index < -0.39 is 17.7 Å². The Labute approximate surface area is 211 Å². The molecule has 0 bridgehead atoms. The van der Waals surface area contributed by atoms with Crippen molar-refractivity contribution in [1.29, 1.82) is 0 Å². The molecule has 190 valence electrons. The minimum atomic E-state index is -1.01. The summed E-state index contributed by atoms with van der Waals surface area (Å²) >= 11 is 0. The topological polar surface area (TPSA) is 49.8 Å². The third kappa shape index (κ3) is 5.49. The van der Waals surface area contributed by atoms with Crippen LogP contribution in [0.3, 0.4) is 0 Å². The van der Waals surface area contributed by atoms with Crippen molar-refractivity contribution in [2.45, 2.75) is 105 Å². The van der Waals surface area contributed by atoms with Gasteiger partial charge in [-0.15, -0.1) is 0 Å². The maximum atomic E-state index is 12.6. The molecule has 1 heterocycles. The number of rotatable bonds is 5. The standard InChI is InChI=1S/C31H43NO3/c1-19-11-13-23(14-12-19)27-22(4)26-18-32(24-10-8-9-20(2)17-24)16-15-25(26)21(3)28(27)29(30(33)34)35-31(5,6)7/h11-14,20,24,29H,8-10,15-18H2,1-7H3,(H,33,34)/t20-,24?,29?/m1/s1. The zero-order valence-electron chi connectivity index (χ0n) is 22.7. The first kappa shape index (κ1) is 25.9. The molecule has 0 radical (unpaired) electrons. The number of carbonyl (C=O) groups is 1. The van der Waals surface area contributed by atoms with Crippen LogP contribution < -0.4 is 0 Å². The Morgan fingerprint density at radius 2 is 1.74 bits per heavy atom. The normalized spacial score (nSPS) is 22.0. The molecular formula is C31H43NO3. The molecule has 1 fully saturated rings. The number of hydrogen-bond acceptors (Lipinski definition) is 3. The Hall–Kier alpha value is -2.17. The van der Waals surface area contributed by atoms with Crippen molar-refractivity contribution in [1.82, 2.24) is 4.90 Å². The van der Waals surface area contributed by atoms with Crippen molar-refractivity contribution in [3.63, 3.8) is 0 Å². The van der Waals surface area contributed by atoms with Crippen molar-refractivity contribution in [3.8, 4) is 11.1 Å². The van der Waals surface area contributed by atoms with Gasteiger partial charge in [-0.3, -0.25) is 4.90 Å². The molecule has 0 amide bonds. The number of aryl methyl sites for hydroxylation is 1. The number of aliphatic carboxylic acids is 1. The third-order valence-electron chi connectivity index (χ3n) is 8.05. The quantitative estimate of drug-likeness (QED) is 0.496. The molecule has 2 aliphatic rings. The zero-order valence-corrected chi connectivity index (χ0v) is 22.7. The Balaban J connectivity index is 1.87. The summed E-state index contributed by atoms with van der Waals surface area (Å²) in [6.45, 7) is 16.6. The molecule has 1 aliphatic carbocycles. The SMILES string of the molecule is Cc1ccc(-c2c(C)c3c(c(C)c2C(OC(C)(C)C)C(=O)O)CCN(C2CCC[C@@H](C)C2)C3)cc1. The summed E-state index contributed by atoms with van der Waals surface area (Å²) in [4.78, 5) is 15.3. The fraction of sp³-hybridized carbons (Fsp3) is 0.581. The number of fused-ring (bicyclic) bond motifs is 1. The molecule has 0 saturated heterocycles. The largest absolute Gasteiger partial charge is 0.479 e. The average molecular weight is 478 g/mol. The number of nitrogens with zero attached hydrogens (tertiary/aromatic N) is 1. The van der Waals surface area contributed by atoms with Crippen LogP contribution >= 0.6 is 0 Å². The van der Waals surface area contributed by atoms with Gasteiger partial charge in [-0.1, -0.05) is 49.6 Å². The lowest BCUT2D eigenvalue weighted by Crippen LogP contribution is -2.42. The van der Waals surface area contributed by atoms with Crippen LogP contribution in [0.2, 0.25) is 0 Å². The lowest BCUT2D eigenvalue weighted by atomic mass is 9.79. The highest BCUT2D eigenvalue weighted by atomic mass is 16.5. The van der Waals surface area contributed by atoms with E-state index in [4.69, 9.17) is 4.74 Å². The summed E-state index contributed by atoms with van der Waals surface area (Å²) in [5.41, 5.74) is 8.59. The average Bonchev–Trinajstić information content (AvgIpc) is 2.79. The van der Waals surface area contributed by atoms with Crippen molar-refractivity contribution in [2.75, 3.05) is 6.54 Å². The van der Waals surface area contributed by atoms with Gasteiger partial charge in [-0.05, 0) is 100 Å². The molecule has 2 aromatic carbocycles. The van der Waals surface area contributed by atoms with Crippen molar-refractivity contribution < 1.29 is 14.6 Å². The molecular weight excluding hydrogens is 434 g/mol. The molecule has 1 N–H and O–H groups in total. The maximum absolute atomic E-state index is 12.6. The lowest BCUT2D eigenvalue weighted by molar-refractivity contribution is -0.160. The first-order valence-electron chi connectivity index (χ1n) is 13.3. The first-order valence-corrected chi connectivity index (χ1v) is 13.3. The van der Waals surface area contributed by atoms with Crippen LogP contribution in [0.5, 0.6) is 0 Å². The smallest absolute Gasteiger partial charge is 0.337 e. The molecule has 1 saturated carbocycles. The highest BCUT2D eigenvalue weighted by molar-refractivity contribution is 5.84. The Morgan fingerprint density at radius 1 is 1.06 bits per heavy atom. The second-order valence-corrected chi connectivity index (χ2v) is 12.0. The fourth-order valence-corrected chi connectivity index (χ4v) is 6.30. The molecule has 4 nitrogen and oxygen atoms in total. The summed E-state index contributed by atoms with van der Waals surface area (Å²) in [6, 6.07) is 9.15. The number of carboxylic acid groups (broad SMARTS) is 1. The van der Waals surface area contributed by atoms with Gasteiger partial charge in [0.25, 0.3) is 0 Å². The minimum Gasteiger partial charge on any atom is -0.479 e. The second kappa shape index (κ2) is 10.1. The lowest BCUT2D eigenvalue weighted by Gasteiger charge is -2.41. The van der Waals surface area contributed by atoms with Gasteiger partial charge in [0.15, 0.2) is 6.10 Å². The maximum Gasteiger partial charge on any atom is 0.337 e. The summed E-state index contributed by atoms with van der Waals surface area (Å²) in [5.74, 6) is -0.126. The summed E-state index contributed by atoms with van der Waals surface area (Å²) < 4.78 is 6.22. The van der Waals surface area contributed by atoms with Crippen LogP contribution in [0.1, 0.15) is 92.9 Å². The van der Waals surface area contributed by atoms with Crippen LogP contribution in [0, 0.1) is 26.7 Å². The van der Waals surface area contributed by atoms with Gasteiger partial charge in [0, 0.05) is 24.7 Å². The van der Waals surface area contributed by atoms with Gasteiger partial charge in [-0.25, -0.2) is 4.79 Å². The number of carboxylic acids is 1. The van der Waals surface area contributed by atoms with E-state index in [2.05, 4.69) is 56.9 Å². The number of hydrogen-bond donors (Lipinski definition) is 1. The zero-order chi connectivity index (χ0) is 25.5. The molecule has 0 spiro atoms. The summed E-state index contributed by atoms with van der Waals surface area (Å²) in [7, 11) is 0. The van der Waals surface area contributed by atoms with Crippen molar-refractivity contribution in [3.05, 3.63) is 57.6 Å². The molecule has 2 aromatic rings. The van der Waals surface area contributed by atoms with Crippen LogP contribution in [-0.4, -0.2) is 34.2 Å². The molecule has 35 heavy (non-hydrogen) atoms. The molecule has 1 aliphatic heterocycles. The van der Waals surface area contributed by atoms with Crippen molar-refractivity contribution >= 4 is 5.97 Å². The molecule has 4 heteroatoms. The highest BCUT2D eigenvalue weighted by Gasteiger charge is 2.36. The van der Waals surface area contributed by atoms with E-state index in [1.54, 1.807) is 0 Å². The van der Waals surface area contributed by atoms with E-state index in [9.17, 15) is 9.90 Å². The Morgan fingerprint density at radius 3 is 2.34 bits per heavy atom. The van der Waals surface area contributed by atoms with E-state index >= 15 is 0 Å². The number of ether oxygens (including phenoxy) is 1. The minimum absolute atomic E-state index is 0.571. The Bertz CT molecular complexity index is 1080. The Kier molecular flexibility index (Phi) is 7.45. The predicted octanol–water partition coefficient (Wildman–Crippen LogP) is 7.16. The van der Waals surface area contributed by atoms with Crippen LogP contribution in [-0.2, 0) is 22.5 Å². The van der Waals surface area contributed by atoms with Gasteiger partial charge in [0.05, 0.1) is 5.60 Å². The van der Waals surface area contributed by atoms with Gasteiger partial charge < -0.3 is 9.84 Å². The molecule has 2 unspecified atom stereocenters. The second-order valence-electron chi connectivity index (χ2n) is 12.0. The van der Waals surface area contributed by atoms with Gasteiger partial charge in [0.1, 0.15) is 0 Å². The number of benzene rings is 2. The molecule has 3 atom stereocenters. The highest BCUT2D eigenvalue weighted by Crippen LogP contribution is 2.43. The first-order chi connectivity index (χ1) is 16.5. The fourth-order valence-electron chi connectivity index (χ4n) is 6.30. The van der Waals surface area contributed by atoms with Gasteiger partial charge in [0.2, 0.25) is 0 Å². The third-order valence-corrected chi connectivity index (χ3v) is 8.05. The van der Waals surface area contributed by atoms with Gasteiger partial charge >= 0.3 is 5.97 Å². The van der Waals surface area contributed by atoms with E-state index in [0.29, 0.717) is 6.04 Å².